The van der Waals surface area contributed by atoms with Gasteiger partial charge in [0, 0.05) is 11.7 Å². The van der Waals surface area contributed by atoms with Crippen LogP contribution in [0.4, 0.5) is 0 Å². The van der Waals surface area contributed by atoms with Crippen LogP contribution in [0.15, 0.2) is 205 Å². The minimum Gasteiger partial charge on any atom is -0.481 e. The molecule has 0 aliphatic heterocycles. The molecule has 4 nitrogen and oxygen atoms in total. The van der Waals surface area contributed by atoms with Gasteiger partial charge in [-0.05, 0) is 91.1 Å². The summed E-state index contributed by atoms with van der Waals surface area (Å²) in [5.74, 6) is 0.524. The third-order valence-electron chi connectivity index (χ3n) is 10.9. The number of benzene rings is 8. The topological polar surface area (TPSA) is 43.9 Å². The van der Waals surface area contributed by atoms with E-state index < -0.39 is 0 Å². The summed E-state index contributed by atoms with van der Waals surface area (Å²) in [7, 11) is 0. The summed E-state index contributed by atoms with van der Waals surface area (Å²) < 4.78 is 8.74. The molecule has 0 fully saturated rings. The van der Waals surface area contributed by atoms with Gasteiger partial charge in [0.15, 0.2) is 0 Å². The Morgan fingerprint density at radius 3 is 1.69 bits per heavy atom. The van der Waals surface area contributed by atoms with Crippen LogP contribution in [0.5, 0.6) is 0 Å². The third kappa shape index (κ3) is 6.78. The summed E-state index contributed by atoms with van der Waals surface area (Å²) in [5.41, 5.74) is 16.2. The molecule has 0 saturated carbocycles. The van der Waals surface area contributed by atoms with Gasteiger partial charge in [-0.25, -0.2) is 0 Å². The number of rotatable bonds is 7. The number of nitrogens with zero attached hydrogens (tertiary/aromatic N) is 3. The van der Waals surface area contributed by atoms with Gasteiger partial charge in [-0.15, -0.1) is 48.0 Å². The molecule has 0 aliphatic carbocycles. The Bertz CT molecular complexity index is 3250. The van der Waals surface area contributed by atoms with E-state index in [9.17, 15) is 0 Å². The number of hydrogen-bond donors (Lipinski definition) is 0. The number of pyridine rings is 1. The average Bonchev–Trinajstić information content (AvgIpc) is 3.88. The molecule has 0 bridgehead atoms. The van der Waals surface area contributed by atoms with Crippen LogP contribution in [0.1, 0.15) is 0 Å². The third-order valence-corrected chi connectivity index (χ3v) is 10.9. The van der Waals surface area contributed by atoms with E-state index in [2.05, 4.69) is 179 Å². The molecule has 0 saturated heterocycles. The van der Waals surface area contributed by atoms with Gasteiger partial charge in [-0.1, -0.05) is 150 Å². The van der Waals surface area contributed by atoms with Crippen LogP contribution in [0.2, 0.25) is 0 Å². The first kappa shape index (κ1) is 36.2. The number of oxazole rings is 1. The van der Waals surface area contributed by atoms with Crippen molar-refractivity contribution in [3.8, 4) is 72.9 Å². The monoisotopic (exact) mass is 934 g/mol. The molecule has 0 atom stereocenters. The molecule has 0 amide bonds. The van der Waals surface area contributed by atoms with Gasteiger partial charge in [-0.2, -0.15) is 0 Å². The van der Waals surface area contributed by atoms with Crippen LogP contribution >= 0.6 is 0 Å². The van der Waals surface area contributed by atoms with E-state index in [0.717, 1.165) is 77.7 Å². The summed E-state index contributed by atoms with van der Waals surface area (Å²) >= 11 is 0. The molecule has 3 heterocycles. The fourth-order valence-corrected chi connectivity index (χ4v) is 7.95. The van der Waals surface area contributed by atoms with E-state index in [1.54, 1.807) is 0 Å². The summed E-state index contributed by atoms with van der Waals surface area (Å²) in [5, 5.41) is 2.20. The fourth-order valence-electron chi connectivity index (χ4n) is 7.95. The minimum atomic E-state index is 0. The maximum Gasteiger partial charge on any atom is 2.00 e. The molecule has 11 aromatic rings. The summed E-state index contributed by atoms with van der Waals surface area (Å²) in [4.78, 5) is 9.56. The van der Waals surface area contributed by atoms with Gasteiger partial charge in [-0.3, -0.25) is 4.98 Å². The fraction of sp³-hybridized carbons (Fsp3) is 0. The summed E-state index contributed by atoms with van der Waals surface area (Å²) in [6, 6.07) is 75.1. The molecule has 11 rings (SSSR count). The maximum absolute atomic E-state index is 6.51. The van der Waals surface area contributed by atoms with Gasteiger partial charge in [0.2, 0.25) is 0 Å². The predicted molar refractivity (Wildman–Crippen MR) is 236 cm³/mol. The van der Waals surface area contributed by atoms with Crippen molar-refractivity contribution in [1.29, 1.82) is 0 Å². The van der Waals surface area contributed by atoms with Gasteiger partial charge in [0.1, 0.15) is 11.5 Å². The molecule has 5 heteroatoms. The van der Waals surface area contributed by atoms with Crippen LogP contribution in [0.25, 0.3) is 106 Å². The van der Waals surface area contributed by atoms with Crippen molar-refractivity contribution in [1.82, 2.24) is 14.5 Å². The second-order valence-electron chi connectivity index (χ2n) is 14.5. The largest absolute Gasteiger partial charge is 2.00 e. The maximum atomic E-state index is 6.51. The quantitative estimate of drug-likeness (QED) is 0.150. The van der Waals surface area contributed by atoms with Crippen LogP contribution < -0.4 is 0 Å². The summed E-state index contributed by atoms with van der Waals surface area (Å²) in [6.45, 7) is 0. The second-order valence-corrected chi connectivity index (χ2v) is 14.5. The van der Waals surface area contributed by atoms with Crippen molar-refractivity contribution in [2.24, 2.45) is 0 Å². The minimum absolute atomic E-state index is 0. The Balaban J connectivity index is 0.00000420. The van der Waals surface area contributed by atoms with E-state index >= 15 is 0 Å². The van der Waals surface area contributed by atoms with E-state index in [0.29, 0.717) is 5.89 Å². The molecular weight excluding hydrogens is 902 g/mol. The molecule has 59 heavy (non-hydrogen) atoms. The second kappa shape index (κ2) is 15.3. The van der Waals surface area contributed by atoms with Gasteiger partial charge in [0.05, 0.1) is 5.52 Å². The first-order valence-corrected chi connectivity index (χ1v) is 19.4. The van der Waals surface area contributed by atoms with Gasteiger partial charge < -0.3 is 14.0 Å². The Morgan fingerprint density at radius 2 is 1.03 bits per heavy atom. The van der Waals surface area contributed by atoms with Crippen molar-refractivity contribution in [3.05, 3.63) is 212 Å². The zero-order chi connectivity index (χ0) is 38.4. The van der Waals surface area contributed by atoms with E-state index in [4.69, 9.17) is 9.40 Å². The zero-order valence-electron chi connectivity index (χ0n) is 31.6. The van der Waals surface area contributed by atoms with Crippen molar-refractivity contribution in [2.75, 3.05) is 0 Å². The number of aromatic nitrogens is 3. The Morgan fingerprint density at radius 1 is 0.441 bits per heavy atom. The smallest absolute Gasteiger partial charge is 0.481 e. The van der Waals surface area contributed by atoms with Crippen LogP contribution in [-0.2, 0) is 21.1 Å². The normalized spacial score (nSPS) is 11.3. The predicted octanol–water partition coefficient (Wildman–Crippen LogP) is 13.9. The Hall–Kier alpha value is -7.13. The molecule has 0 spiro atoms. The van der Waals surface area contributed by atoms with Crippen LogP contribution in [0.3, 0.4) is 0 Å². The first-order chi connectivity index (χ1) is 28.7. The van der Waals surface area contributed by atoms with Crippen molar-refractivity contribution in [3.63, 3.8) is 0 Å². The Labute approximate surface area is 356 Å². The molecule has 0 aliphatic rings. The molecule has 3 aromatic heterocycles. The number of fused-ring (bicyclic) bond motifs is 4. The van der Waals surface area contributed by atoms with Gasteiger partial charge in [0.25, 0.3) is 0 Å². The SMILES string of the molecule is [Pt+2].[c-]1c(-c2ccccn2)cccc1-n1c2[c-]c(-c3nc4ccc(-c5ccc(-c6ccccc6)cc5)cc4o3)ccc2c2cc(-c3ccc(-c4ccccc4)cc3)ccc21. The van der Waals surface area contributed by atoms with Gasteiger partial charge >= 0.3 is 21.1 Å². The molecule has 280 valence electrons. The van der Waals surface area contributed by atoms with E-state index in [1.807, 2.05) is 42.6 Å². The van der Waals surface area contributed by atoms with Crippen LogP contribution in [-0.4, -0.2) is 14.5 Å². The first-order valence-electron chi connectivity index (χ1n) is 19.4. The summed E-state index contributed by atoms with van der Waals surface area (Å²) in [6.07, 6.45) is 1.81. The zero-order valence-corrected chi connectivity index (χ0v) is 33.9. The van der Waals surface area contributed by atoms with Crippen LogP contribution in [0, 0.1) is 12.1 Å². The molecular formula is C54H33N3OPt. The molecule has 8 aromatic carbocycles. The molecule has 0 unspecified atom stereocenters. The van der Waals surface area contributed by atoms with Crippen molar-refractivity contribution in [2.45, 2.75) is 0 Å². The van der Waals surface area contributed by atoms with Crippen molar-refractivity contribution >= 4 is 32.9 Å². The van der Waals surface area contributed by atoms with Crippen molar-refractivity contribution < 1.29 is 25.5 Å². The van der Waals surface area contributed by atoms with E-state index in [-0.39, 0.29) is 21.1 Å². The standard InChI is InChI=1S/C54H33N3O.Pt/c1-3-10-36(11-4-1)38-17-21-40(22-18-38)42-27-30-51-48(33-42)47-28-25-45(34-52(47)57(51)46-15-9-14-44(32-46)49-16-7-8-31-55-49)54-56-50-29-26-43(35-53(50)58-54)41-23-19-39(20-24-41)37-12-5-2-6-13-37;/h1-31,33,35H;/q-2;+2. The average molecular weight is 935 g/mol. The Kier molecular flexibility index (Phi) is 9.41. The molecule has 0 radical (unpaired) electrons. The molecule has 0 N–H and O–H groups in total. The van der Waals surface area contributed by atoms with E-state index in [1.165, 1.54) is 22.3 Å². The number of hydrogen-bond acceptors (Lipinski definition) is 3.